The van der Waals surface area contributed by atoms with Crippen molar-refractivity contribution in [3.63, 3.8) is 0 Å². The molecule has 0 saturated heterocycles. The Bertz CT molecular complexity index is 1210. The fourth-order valence-corrected chi connectivity index (χ4v) is 5.28. The molecule has 4 amide bonds. The quantitative estimate of drug-likeness (QED) is 0.0824. The van der Waals surface area contributed by atoms with E-state index in [1.807, 2.05) is 32.2 Å². The van der Waals surface area contributed by atoms with Gasteiger partial charge in [0.25, 0.3) is 5.91 Å². The van der Waals surface area contributed by atoms with Gasteiger partial charge in [-0.05, 0) is 74.1 Å². The van der Waals surface area contributed by atoms with Gasteiger partial charge in [-0.15, -0.1) is 0 Å². The van der Waals surface area contributed by atoms with Crippen molar-refractivity contribution >= 4 is 47.1 Å². The Morgan fingerprint density at radius 2 is 1.41 bits per heavy atom. The summed E-state index contributed by atoms with van der Waals surface area (Å²) in [6.45, 7) is 12.4. The van der Waals surface area contributed by atoms with E-state index in [1.165, 1.54) is 11.8 Å². The highest BCUT2D eigenvalue weighted by atomic mass is 32.2. The van der Waals surface area contributed by atoms with Crippen LogP contribution in [0.1, 0.15) is 109 Å². The summed E-state index contributed by atoms with van der Waals surface area (Å²) in [5.41, 5.74) is 1.44. The predicted molar refractivity (Wildman–Crippen MR) is 194 cm³/mol. The smallest absolute Gasteiger partial charge is 0.326 e. The van der Waals surface area contributed by atoms with Gasteiger partial charge in [0.2, 0.25) is 17.7 Å². The van der Waals surface area contributed by atoms with Crippen LogP contribution in [0.3, 0.4) is 0 Å². The summed E-state index contributed by atoms with van der Waals surface area (Å²) in [5.74, 6) is -2.45. The normalized spacial score (nSPS) is 13.1. The lowest BCUT2D eigenvalue weighted by Crippen LogP contribution is -2.57. The molecule has 49 heavy (non-hydrogen) atoms. The van der Waals surface area contributed by atoms with E-state index in [2.05, 4.69) is 40.4 Å². The van der Waals surface area contributed by atoms with E-state index in [9.17, 15) is 33.9 Å². The van der Waals surface area contributed by atoms with Gasteiger partial charge in [0.05, 0.1) is 0 Å². The largest absolute Gasteiger partial charge is 0.480 e. The van der Waals surface area contributed by atoms with Gasteiger partial charge in [0.15, 0.2) is 0 Å². The number of ketones is 1. The second-order valence-corrected chi connectivity index (χ2v) is 14.3. The first-order valence-corrected chi connectivity index (χ1v) is 18.8. The minimum absolute atomic E-state index is 0.00306. The first-order valence-electron chi connectivity index (χ1n) is 17.4. The molecule has 0 unspecified atom stereocenters. The molecule has 0 spiro atoms. The second-order valence-electron chi connectivity index (χ2n) is 13.3. The van der Waals surface area contributed by atoms with E-state index in [-0.39, 0.29) is 29.9 Å². The molecule has 0 aliphatic heterocycles. The van der Waals surface area contributed by atoms with Gasteiger partial charge in [-0.1, -0.05) is 53.7 Å². The number of hydrogen-bond acceptors (Lipinski definition) is 8. The third-order valence-electron chi connectivity index (χ3n) is 7.99. The van der Waals surface area contributed by atoms with Gasteiger partial charge < -0.3 is 31.7 Å². The molecular formula is C36H59N5O7S. The summed E-state index contributed by atoms with van der Waals surface area (Å²) >= 11 is 1.52. The van der Waals surface area contributed by atoms with Crippen LogP contribution in [-0.4, -0.2) is 83.2 Å². The lowest BCUT2D eigenvalue weighted by molar-refractivity contribution is -0.142. The van der Waals surface area contributed by atoms with Crippen LogP contribution in [0, 0.1) is 11.8 Å². The number of hydrogen-bond donors (Lipinski definition) is 6. The Balaban J connectivity index is 2.69. The van der Waals surface area contributed by atoms with Crippen molar-refractivity contribution in [2.75, 3.05) is 18.6 Å². The highest BCUT2D eigenvalue weighted by molar-refractivity contribution is 7.98. The van der Waals surface area contributed by atoms with Gasteiger partial charge in [0.1, 0.15) is 23.9 Å². The summed E-state index contributed by atoms with van der Waals surface area (Å²) in [5, 5.41) is 24.0. The molecule has 0 bridgehead atoms. The topological polar surface area (TPSA) is 183 Å². The van der Waals surface area contributed by atoms with Crippen molar-refractivity contribution in [2.24, 2.45) is 11.8 Å². The molecule has 0 radical (unpaired) electrons. The first-order chi connectivity index (χ1) is 23.2. The molecular weight excluding hydrogens is 646 g/mol. The van der Waals surface area contributed by atoms with Crippen LogP contribution in [0.15, 0.2) is 24.3 Å². The standard InChI is InChI=1S/C36H59N5O7S/c1-23(2)30(42)13-8-9-14-31(43)37-20-11-10-12-29(36(47)48)40-35(46)32(24(3)4)41-34(45)28(19-21-49-7)39-33(44)27-17-15-26(16-18-27)22-38-25(5)6/h15-18,23-25,28-29,32,38H,8-14,19-22H2,1-7H3,(H,37,43)(H,39,44)(H,40,46)(H,41,45)(H,47,48)/t28-,29-,32-/m0/s1. The minimum atomic E-state index is -1.20. The number of nitrogens with one attached hydrogen (secondary N) is 5. The molecule has 0 fully saturated rings. The molecule has 0 saturated carbocycles. The number of carboxylic acids is 1. The molecule has 0 heterocycles. The number of carboxylic acid groups (broad SMARTS) is 1. The summed E-state index contributed by atoms with van der Waals surface area (Å²) < 4.78 is 0. The Hall–Kier alpha value is -3.45. The summed E-state index contributed by atoms with van der Waals surface area (Å²) in [6, 6.07) is 4.36. The van der Waals surface area contributed by atoms with Crippen LogP contribution in [0.5, 0.6) is 0 Å². The maximum Gasteiger partial charge on any atom is 0.326 e. The third-order valence-corrected chi connectivity index (χ3v) is 8.63. The monoisotopic (exact) mass is 705 g/mol. The number of aliphatic carboxylic acids is 1. The van der Waals surface area contributed by atoms with Gasteiger partial charge in [-0.25, -0.2) is 4.79 Å². The van der Waals surface area contributed by atoms with Gasteiger partial charge in [-0.3, -0.25) is 24.0 Å². The molecule has 1 aromatic carbocycles. The van der Waals surface area contributed by atoms with Gasteiger partial charge in [0, 0.05) is 43.5 Å². The third kappa shape index (κ3) is 18.2. The highest BCUT2D eigenvalue weighted by Gasteiger charge is 2.31. The zero-order valence-electron chi connectivity index (χ0n) is 30.4. The molecule has 13 heteroatoms. The number of amides is 4. The molecule has 1 rings (SSSR count). The molecule has 12 nitrogen and oxygen atoms in total. The number of carbonyl (C=O) groups excluding carboxylic acids is 5. The molecule has 0 aliphatic rings. The summed E-state index contributed by atoms with van der Waals surface area (Å²) in [6.07, 6.45) is 5.43. The maximum absolute atomic E-state index is 13.4. The van der Waals surface area contributed by atoms with Crippen LogP contribution >= 0.6 is 11.8 Å². The SMILES string of the molecule is CSCC[C@H](NC(=O)c1ccc(CNC(C)C)cc1)C(=O)N[C@H](C(=O)N[C@@H](CCCCNC(=O)CCCCC(=O)C(C)C)C(=O)O)C(C)C. The first kappa shape index (κ1) is 43.6. The lowest BCUT2D eigenvalue weighted by atomic mass is 10.0. The fourth-order valence-electron chi connectivity index (χ4n) is 4.81. The van der Waals surface area contributed by atoms with Crippen molar-refractivity contribution in [1.29, 1.82) is 0 Å². The molecule has 0 aromatic heterocycles. The van der Waals surface area contributed by atoms with E-state index in [1.54, 1.807) is 26.0 Å². The van der Waals surface area contributed by atoms with E-state index in [0.29, 0.717) is 75.4 Å². The number of thioether (sulfide) groups is 1. The summed E-state index contributed by atoms with van der Waals surface area (Å²) in [7, 11) is 0. The Kier molecular flexibility index (Phi) is 21.2. The lowest BCUT2D eigenvalue weighted by Gasteiger charge is -2.26. The molecule has 1 aromatic rings. The fraction of sp³-hybridized carbons (Fsp3) is 0.667. The number of rotatable bonds is 25. The average molecular weight is 706 g/mol. The Morgan fingerprint density at radius 1 is 0.755 bits per heavy atom. The predicted octanol–water partition coefficient (Wildman–Crippen LogP) is 3.82. The van der Waals surface area contributed by atoms with Crippen LogP contribution in [-0.2, 0) is 30.5 Å². The van der Waals surface area contributed by atoms with Crippen molar-refractivity contribution in [3.05, 3.63) is 35.4 Å². The van der Waals surface area contributed by atoms with E-state index in [4.69, 9.17) is 0 Å². The van der Waals surface area contributed by atoms with Gasteiger partial charge in [-0.2, -0.15) is 11.8 Å². The van der Waals surface area contributed by atoms with E-state index >= 15 is 0 Å². The zero-order chi connectivity index (χ0) is 36.9. The molecule has 3 atom stereocenters. The Labute approximate surface area is 296 Å². The minimum Gasteiger partial charge on any atom is -0.480 e. The van der Waals surface area contributed by atoms with Crippen LogP contribution < -0.4 is 26.6 Å². The van der Waals surface area contributed by atoms with Crippen molar-refractivity contribution in [2.45, 2.75) is 124 Å². The number of Topliss-reactive ketones (excluding diaryl/α,β-unsaturated/α-hetero) is 1. The number of unbranched alkanes of at least 4 members (excludes halogenated alkanes) is 2. The van der Waals surface area contributed by atoms with Gasteiger partial charge >= 0.3 is 5.97 Å². The van der Waals surface area contributed by atoms with Crippen LogP contribution in [0.25, 0.3) is 0 Å². The van der Waals surface area contributed by atoms with Crippen LogP contribution in [0.2, 0.25) is 0 Å². The maximum atomic E-state index is 13.4. The molecule has 276 valence electrons. The number of carbonyl (C=O) groups is 6. The summed E-state index contributed by atoms with van der Waals surface area (Å²) in [4.78, 5) is 75.5. The Morgan fingerprint density at radius 3 is 1.98 bits per heavy atom. The molecule has 6 N–H and O–H groups in total. The van der Waals surface area contributed by atoms with Crippen molar-refractivity contribution in [1.82, 2.24) is 26.6 Å². The zero-order valence-corrected chi connectivity index (χ0v) is 31.2. The average Bonchev–Trinajstić information content (AvgIpc) is 3.05. The number of benzene rings is 1. The van der Waals surface area contributed by atoms with Crippen molar-refractivity contribution < 1.29 is 33.9 Å². The highest BCUT2D eigenvalue weighted by Crippen LogP contribution is 2.11. The van der Waals surface area contributed by atoms with Crippen molar-refractivity contribution in [3.8, 4) is 0 Å². The second kappa shape index (κ2) is 23.8. The van der Waals surface area contributed by atoms with E-state index < -0.39 is 41.8 Å². The van der Waals surface area contributed by atoms with E-state index in [0.717, 1.165) is 5.56 Å². The van der Waals surface area contributed by atoms with Crippen LogP contribution in [0.4, 0.5) is 0 Å². The molecule has 0 aliphatic carbocycles.